The van der Waals surface area contributed by atoms with Gasteiger partial charge in [0, 0.05) is 24.5 Å². The predicted molar refractivity (Wildman–Crippen MR) is 114 cm³/mol. The standard InChI is InChI=1S/C21H25ClN2O3S/c1-16-5-8-18(9-6-16)28(26,27)14-11-21(25)23-19-15-17(22)7-10-20(19)24-12-3-2-4-13-24/h5-10,15H,2-4,11-14H2,1H3,(H,23,25). The van der Waals surface area contributed by atoms with Crippen molar-refractivity contribution in [2.24, 2.45) is 0 Å². The Bertz CT molecular complexity index is 937. The Kier molecular flexibility index (Phi) is 6.62. The summed E-state index contributed by atoms with van der Waals surface area (Å²) in [7, 11) is -3.50. The Balaban J connectivity index is 1.67. The van der Waals surface area contributed by atoms with Gasteiger partial charge in [-0.3, -0.25) is 4.79 Å². The Hall–Kier alpha value is -2.05. The van der Waals surface area contributed by atoms with Crippen molar-refractivity contribution in [2.45, 2.75) is 37.5 Å². The minimum atomic E-state index is -3.50. The highest BCUT2D eigenvalue weighted by atomic mass is 35.5. The van der Waals surface area contributed by atoms with Crippen LogP contribution in [0.3, 0.4) is 0 Å². The summed E-state index contributed by atoms with van der Waals surface area (Å²) < 4.78 is 24.9. The number of carbonyl (C=O) groups excluding carboxylic acids is 1. The largest absolute Gasteiger partial charge is 0.370 e. The zero-order valence-corrected chi connectivity index (χ0v) is 17.5. The molecule has 1 saturated heterocycles. The Labute approximate surface area is 171 Å². The number of piperidine rings is 1. The van der Waals surface area contributed by atoms with Crippen molar-refractivity contribution in [3.05, 3.63) is 53.1 Å². The lowest BCUT2D eigenvalue weighted by Crippen LogP contribution is -2.30. The van der Waals surface area contributed by atoms with Crippen molar-refractivity contribution in [1.82, 2.24) is 0 Å². The first-order valence-corrected chi connectivity index (χ1v) is 11.5. The number of nitrogens with one attached hydrogen (secondary N) is 1. The molecule has 1 aliphatic heterocycles. The molecule has 0 aliphatic carbocycles. The normalized spacial score (nSPS) is 14.7. The molecule has 0 radical (unpaired) electrons. The summed E-state index contributed by atoms with van der Waals surface area (Å²) in [5.74, 6) is -0.571. The van der Waals surface area contributed by atoms with Crippen LogP contribution in [0.5, 0.6) is 0 Å². The summed E-state index contributed by atoms with van der Waals surface area (Å²) in [5, 5.41) is 3.38. The van der Waals surface area contributed by atoms with E-state index in [1.165, 1.54) is 6.42 Å². The zero-order valence-electron chi connectivity index (χ0n) is 15.9. The number of carbonyl (C=O) groups is 1. The number of anilines is 2. The lowest BCUT2D eigenvalue weighted by atomic mass is 10.1. The van der Waals surface area contributed by atoms with Crippen molar-refractivity contribution in [3.63, 3.8) is 0 Å². The lowest BCUT2D eigenvalue weighted by Gasteiger charge is -2.30. The van der Waals surface area contributed by atoms with E-state index in [0.717, 1.165) is 37.2 Å². The Morgan fingerprint density at radius 1 is 1.07 bits per heavy atom. The van der Waals surface area contributed by atoms with Gasteiger partial charge in [-0.05, 0) is 56.5 Å². The second kappa shape index (κ2) is 8.97. The van der Waals surface area contributed by atoms with Crippen molar-refractivity contribution < 1.29 is 13.2 Å². The molecule has 7 heteroatoms. The Morgan fingerprint density at radius 2 is 1.75 bits per heavy atom. The van der Waals surface area contributed by atoms with E-state index in [2.05, 4.69) is 10.2 Å². The molecule has 1 N–H and O–H groups in total. The zero-order chi connectivity index (χ0) is 20.1. The smallest absolute Gasteiger partial charge is 0.225 e. The van der Waals surface area contributed by atoms with Gasteiger partial charge in [-0.25, -0.2) is 8.42 Å². The maximum atomic E-state index is 12.5. The molecule has 0 unspecified atom stereocenters. The molecule has 2 aromatic carbocycles. The predicted octanol–water partition coefficient (Wildman–Crippen LogP) is 4.44. The van der Waals surface area contributed by atoms with Gasteiger partial charge in [0.05, 0.1) is 22.0 Å². The van der Waals surface area contributed by atoms with Crippen LogP contribution in [0.4, 0.5) is 11.4 Å². The van der Waals surface area contributed by atoms with Gasteiger partial charge >= 0.3 is 0 Å². The van der Waals surface area contributed by atoms with Crippen molar-refractivity contribution >= 4 is 38.7 Å². The highest BCUT2D eigenvalue weighted by molar-refractivity contribution is 7.91. The van der Waals surface area contributed by atoms with Gasteiger partial charge in [0.15, 0.2) is 9.84 Å². The van der Waals surface area contributed by atoms with Crippen LogP contribution in [0.25, 0.3) is 0 Å². The van der Waals surface area contributed by atoms with Crippen LogP contribution in [0, 0.1) is 6.92 Å². The number of hydrogen-bond acceptors (Lipinski definition) is 4. The summed E-state index contributed by atoms with van der Waals surface area (Å²) in [4.78, 5) is 14.9. The van der Waals surface area contributed by atoms with E-state index in [0.29, 0.717) is 10.7 Å². The average molecular weight is 421 g/mol. The molecule has 1 fully saturated rings. The van der Waals surface area contributed by atoms with Crippen molar-refractivity contribution in [2.75, 3.05) is 29.1 Å². The van der Waals surface area contributed by atoms with E-state index in [1.807, 2.05) is 19.1 Å². The van der Waals surface area contributed by atoms with Gasteiger partial charge in [-0.2, -0.15) is 0 Å². The molecule has 0 spiro atoms. The minimum absolute atomic E-state index is 0.109. The number of halogens is 1. The van der Waals surface area contributed by atoms with Crippen LogP contribution >= 0.6 is 11.6 Å². The van der Waals surface area contributed by atoms with E-state index in [9.17, 15) is 13.2 Å². The quantitative estimate of drug-likeness (QED) is 0.750. The summed E-state index contributed by atoms with van der Waals surface area (Å²) in [6.07, 6.45) is 3.33. The molecule has 1 heterocycles. The number of nitrogens with zero attached hydrogens (tertiary/aromatic N) is 1. The fraction of sp³-hybridized carbons (Fsp3) is 0.381. The number of benzene rings is 2. The van der Waals surface area contributed by atoms with Crippen LogP contribution in [-0.2, 0) is 14.6 Å². The van der Waals surface area contributed by atoms with Gasteiger partial charge in [-0.15, -0.1) is 0 Å². The molecule has 150 valence electrons. The second-order valence-electron chi connectivity index (χ2n) is 7.14. The fourth-order valence-corrected chi connectivity index (χ4v) is 4.73. The van der Waals surface area contributed by atoms with Gasteiger partial charge < -0.3 is 10.2 Å². The number of rotatable bonds is 6. The SMILES string of the molecule is Cc1ccc(S(=O)(=O)CCC(=O)Nc2cc(Cl)ccc2N2CCCCC2)cc1. The molecular formula is C21H25ClN2O3S. The molecule has 28 heavy (non-hydrogen) atoms. The molecule has 3 rings (SSSR count). The third-order valence-electron chi connectivity index (χ3n) is 4.91. The van der Waals surface area contributed by atoms with E-state index in [-0.39, 0.29) is 23.0 Å². The van der Waals surface area contributed by atoms with Gasteiger partial charge in [0.1, 0.15) is 0 Å². The second-order valence-corrected chi connectivity index (χ2v) is 9.68. The highest BCUT2D eigenvalue weighted by Gasteiger charge is 2.19. The molecule has 2 aromatic rings. The first kappa shape index (κ1) is 20.7. The van der Waals surface area contributed by atoms with Crippen molar-refractivity contribution in [1.29, 1.82) is 0 Å². The van der Waals surface area contributed by atoms with E-state index >= 15 is 0 Å². The lowest BCUT2D eigenvalue weighted by molar-refractivity contribution is -0.115. The summed E-state index contributed by atoms with van der Waals surface area (Å²) in [5.41, 5.74) is 2.55. The molecule has 0 saturated carbocycles. The van der Waals surface area contributed by atoms with Crippen LogP contribution in [0.15, 0.2) is 47.4 Å². The molecular weight excluding hydrogens is 396 g/mol. The van der Waals surface area contributed by atoms with Crippen molar-refractivity contribution in [3.8, 4) is 0 Å². The first-order chi connectivity index (χ1) is 13.3. The molecule has 1 aliphatic rings. The molecule has 1 amide bonds. The number of sulfone groups is 1. The fourth-order valence-electron chi connectivity index (χ4n) is 3.32. The van der Waals surface area contributed by atoms with E-state index in [4.69, 9.17) is 11.6 Å². The summed E-state index contributed by atoms with van der Waals surface area (Å²) >= 11 is 6.12. The van der Waals surface area contributed by atoms with Gasteiger partial charge in [-0.1, -0.05) is 29.3 Å². The van der Waals surface area contributed by atoms with Crippen LogP contribution < -0.4 is 10.2 Å². The van der Waals surface area contributed by atoms with Crippen LogP contribution in [0.1, 0.15) is 31.2 Å². The van der Waals surface area contributed by atoms with E-state index < -0.39 is 9.84 Å². The first-order valence-electron chi connectivity index (χ1n) is 9.49. The monoisotopic (exact) mass is 420 g/mol. The van der Waals surface area contributed by atoms with Gasteiger partial charge in [0.25, 0.3) is 0 Å². The number of hydrogen-bond donors (Lipinski definition) is 1. The molecule has 0 aromatic heterocycles. The number of amides is 1. The third-order valence-corrected chi connectivity index (χ3v) is 6.87. The minimum Gasteiger partial charge on any atom is -0.370 e. The third kappa shape index (κ3) is 5.26. The Morgan fingerprint density at radius 3 is 2.43 bits per heavy atom. The summed E-state index contributed by atoms with van der Waals surface area (Å²) in [6, 6.07) is 12.1. The maximum Gasteiger partial charge on any atom is 0.225 e. The highest BCUT2D eigenvalue weighted by Crippen LogP contribution is 2.31. The topological polar surface area (TPSA) is 66.5 Å². The maximum absolute atomic E-state index is 12.5. The molecule has 0 atom stereocenters. The number of aryl methyl sites for hydroxylation is 1. The van der Waals surface area contributed by atoms with Crippen LogP contribution in [0.2, 0.25) is 5.02 Å². The van der Waals surface area contributed by atoms with Gasteiger partial charge in [0.2, 0.25) is 5.91 Å². The van der Waals surface area contributed by atoms with Crippen LogP contribution in [-0.4, -0.2) is 33.2 Å². The van der Waals surface area contributed by atoms with E-state index in [1.54, 1.807) is 30.3 Å². The molecule has 0 bridgehead atoms. The molecule has 5 nitrogen and oxygen atoms in total. The average Bonchev–Trinajstić information content (AvgIpc) is 2.68. The summed E-state index contributed by atoms with van der Waals surface area (Å²) in [6.45, 7) is 3.77.